The molecule has 3 aliphatic carbocycles. The highest BCUT2D eigenvalue weighted by molar-refractivity contribution is 7.91. The van der Waals surface area contributed by atoms with E-state index in [4.69, 9.17) is 9.57 Å². The Morgan fingerprint density at radius 1 is 1.04 bits per heavy atom. The van der Waals surface area contributed by atoms with Crippen molar-refractivity contribution in [1.29, 1.82) is 0 Å². The Bertz CT molecular complexity index is 2070. The molecule has 292 valence electrons. The van der Waals surface area contributed by atoms with Crippen LogP contribution in [0, 0.1) is 11.3 Å². The summed E-state index contributed by atoms with van der Waals surface area (Å²) in [7, 11) is -3.90. The molecule has 2 heterocycles. The number of nitrogens with one attached hydrogen (secondary N) is 3. The molecule has 3 N–H and O–H groups in total. The molecule has 1 saturated heterocycles. The summed E-state index contributed by atoms with van der Waals surface area (Å²) in [5.41, 5.74) is 3.13. The van der Waals surface area contributed by atoms with E-state index in [0.717, 1.165) is 47.1 Å². The fourth-order valence-corrected chi connectivity index (χ4v) is 9.04. The van der Waals surface area contributed by atoms with Gasteiger partial charge in [0.2, 0.25) is 21.8 Å². The summed E-state index contributed by atoms with van der Waals surface area (Å²) in [6.07, 6.45) is 8.59. The number of alkyl carbamates (subject to hydrolysis) is 1. The molecule has 2 saturated carbocycles. The van der Waals surface area contributed by atoms with Gasteiger partial charge in [-0.3, -0.25) is 19.1 Å². The molecule has 4 bridgehead atoms. The first-order valence-electron chi connectivity index (χ1n) is 19.1. The molecule has 55 heavy (non-hydrogen) atoms. The van der Waals surface area contributed by atoms with Crippen LogP contribution in [-0.2, 0) is 34.0 Å². The van der Waals surface area contributed by atoms with Gasteiger partial charge < -0.3 is 25.1 Å². The van der Waals surface area contributed by atoms with Gasteiger partial charge in [-0.05, 0) is 73.1 Å². The molecule has 0 spiro atoms. The van der Waals surface area contributed by atoms with Crippen LogP contribution in [0.3, 0.4) is 0 Å². The number of hydrogen-bond donors (Lipinski definition) is 3. The van der Waals surface area contributed by atoms with Gasteiger partial charge in [0.15, 0.2) is 0 Å². The summed E-state index contributed by atoms with van der Waals surface area (Å²) >= 11 is 0. The normalized spacial score (nSPS) is 28.5. The molecule has 13 nitrogen and oxygen atoms in total. The summed E-state index contributed by atoms with van der Waals surface area (Å²) in [4.78, 5) is 63.0. The molecular formula is C41H49N5O8S. The van der Waals surface area contributed by atoms with Crippen LogP contribution in [0.15, 0.2) is 66.4 Å². The third-order valence-corrected chi connectivity index (χ3v) is 12.9. The Morgan fingerprint density at radius 3 is 2.49 bits per heavy atom. The van der Waals surface area contributed by atoms with E-state index in [1.165, 1.54) is 11.0 Å². The number of ether oxygens (including phenoxy) is 1. The minimum Gasteiger partial charge on any atom is -0.450 e. The van der Waals surface area contributed by atoms with Gasteiger partial charge in [0.05, 0.1) is 18.4 Å². The Balaban J connectivity index is 1.22. The lowest BCUT2D eigenvalue weighted by Crippen LogP contribution is -2.60. The fourth-order valence-electron chi connectivity index (χ4n) is 7.68. The van der Waals surface area contributed by atoms with Gasteiger partial charge in [-0.2, -0.15) is 0 Å². The zero-order valence-corrected chi connectivity index (χ0v) is 32.3. The number of sulfonamides is 1. The second-order valence-corrected chi connectivity index (χ2v) is 18.2. The topological polar surface area (TPSA) is 173 Å². The minimum absolute atomic E-state index is 0.0176. The molecule has 3 unspecified atom stereocenters. The van der Waals surface area contributed by atoms with E-state index in [-0.39, 0.29) is 26.0 Å². The second kappa shape index (κ2) is 14.9. The van der Waals surface area contributed by atoms with Crippen molar-refractivity contribution in [3.05, 3.63) is 77.9 Å². The molecule has 14 heteroatoms. The molecule has 5 atom stereocenters. The van der Waals surface area contributed by atoms with Crippen molar-refractivity contribution in [2.45, 2.75) is 101 Å². The molecule has 0 aromatic heterocycles. The summed E-state index contributed by atoms with van der Waals surface area (Å²) in [5.74, 6) is -2.55. The van der Waals surface area contributed by atoms with Crippen LogP contribution in [0.25, 0.3) is 17.2 Å². The van der Waals surface area contributed by atoms with Gasteiger partial charge in [0.1, 0.15) is 29.4 Å². The van der Waals surface area contributed by atoms with E-state index in [0.29, 0.717) is 25.0 Å². The predicted octanol–water partition coefficient (Wildman–Crippen LogP) is 4.80. The quantitative estimate of drug-likeness (QED) is 0.300. The third kappa shape index (κ3) is 7.91. The highest BCUT2D eigenvalue weighted by Crippen LogP contribution is 2.46. The van der Waals surface area contributed by atoms with Crippen molar-refractivity contribution in [3.63, 3.8) is 0 Å². The molecule has 5 aliphatic rings. The van der Waals surface area contributed by atoms with Crippen LogP contribution in [0.5, 0.6) is 0 Å². The maximum absolute atomic E-state index is 14.5. The molecule has 0 radical (unpaired) electrons. The number of carbonyl (C=O) groups excluding carboxylic acids is 4. The number of allylic oxidation sites excluding steroid dienone is 1. The lowest BCUT2D eigenvalue weighted by Gasteiger charge is -2.35. The van der Waals surface area contributed by atoms with Gasteiger partial charge >= 0.3 is 6.09 Å². The van der Waals surface area contributed by atoms with Crippen LogP contribution in [0.2, 0.25) is 0 Å². The molecule has 2 aliphatic heterocycles. The van der Waals surface area contributed by atoms with E-state index >= 15 is 0 Å². The number of hydrogen-bond acceptors (Lipinski definition) is 9. The van der Waals surface area contributed by atoms with Crippen LogP contribution in [0.1, 0.15) is 88.8 Å². The van der Waals surface area contributed by atoms with Crippen LogP contribution in [-0.4, -0.2) is 85.0 Å². The molecule has 7 rings (SSSR count). The van der Waals surface area contributed by atoms with Gasteiger partial charge in [-0.25, -0.2) is 13.2 Å². The summed E-state index contributed by atoms with van der Waals surface area (Å²) in [6, 6.07) is 11.9. The summed E-state index contributed by atoms with van der Waals surface area (Å²) in [6.45, 7) is 9.33. The first kappa shape index (κ1) is 38.3. The summed E-state index contributed by atoms with van der Waals surface area (Å²) < 4.78 is 33.1. The van der Waals surface area contributed by atoms with E-state index in [9.17, 15) is 27.6 Å². The monoisotopic (exact) mass is 771 g/mol. The predicted molar refractivity (Wildman–Crippen MR) is 207 cm³/mol. The molecular weight excluding hydrogens is 723 g/mol. The first-order chi connectivity index (χ1) is 26.2. The van der Waals surface area contributed by atoms with Crippen molar-refractivity contribution in [2.75, 3.05) is 13.2 Å². The number of carbonyl (C=O) groups is 4. The van der Waals surface area contributed by atoms with Gasteiger partial charge in [0.25, 0.3) is 5.91 Å². The van der Waals surface area contributed by atoms with Gasteiger partial charge in [0, 0.05) is 23.5 Å². The Hall–Kier alpha value is -4.98. The average molecular weight is 772 g/mol. The highest BCUT2D eigenvalue weighted by atomic mass is 32.2. The first-order valence-corrected chi connectivity index (χ1v) is 20.7. The molecule has 2 aromatic carbocycles. The number of benzene rings is 2. The Labute approximate surface area is 322 Å². The van der Waals surface area contributed by atoms with Crippen molar-refractivity contribution in [2.24, 2.45) is 16.5 Å². The number of rotatable bonds is 6. The smallest absolute Gasteiger partial charge is 0.407 e. The fraction of sp³-hybridized carbons (Fsp3) is 0.488. The maximum Gasteiger partial charge on any atom is 0.407 e. The van der Waals surface area contributed by atoms with E-state index < -0.39 is 74.1 Å². The van der Waals surface area contributed by atoms with Crippen molar-refractivity contribution in [1.82, 2.24) is 20.3 Å². The number of nitrogens with zero attached hydrogens (tertiary/aromatic N) is 2. The zero-order valence-electron chi connectivity index (χ0n) is 31.5. The number of oxime groups is 1. The zero-order chi connectivity index (χ0) is 39.1. The third-order valence-electron chi connectivity index (χ3n) is 11.1. The summed E-state index contributed by atoms with van der Waals surface area (Å²) in [5, 5.41) is 9.60. The average Bonchev–Trinajstić information content (AvgIpc) is 4.06. The maximum atomic E-state index is 14.5. The minimum atomic E-state index is -3.90. The number of amides is 4. The molecule has 2 aromatic rings. The van der Waals surface area contributed by atoms with E-state index in [2.05, 4.69) is 57.4 Å². The SMILES string of the molecule is C=C[C@@H]1CC1(NC(=O)C1CC2CN1C(=O)[C@H](C(C)(C)C)NC(=O)OCCCCC/C=C/c1ccc3c(c1)/C(=N/O2)c1ccccc1-3)C(=O)NS(=O)(=O)C1CC1. The number of cyclic esters (lactones) is 1. The Morgan fingerprint density at radius 2 is 1.78 bits per heavy atom. The standard InChI is InChI=1S/C41H49N5O8S/c1-5-26-23-41(26,38(49)45-55(51,52)28-17-18-28)43-36(47)33-22-27-24-46(33)37(48)35(40(2,3)4)42-39(50)53-20-12-8-6-7-9-13-25-16-19-30-29-14-10-11-15-31(29)34(44-54-27)32(30)21-25/h5,9-11,13-16,19,21,26-28,33,35H,1,6-8,12,17-18,20,22-24H2,2-4H3,(H,42,50)(H,43,47)(H,45,49)/b13-9+,44-34+/t26-,27?,33?,35-,41?/m1/s1. The molecule has 3 fully saturated rings. The highest BCUT2D eigenvalue weighted by Gasteiger charge is 2.62. The lowest BCUT2D eigenvalue weighted by molar-refractivity contribution is -0.143. The van der Waals surface area contributed by atoms with Crippen molar-refractivity contribution in [3.8, 4) is 11.1 Å². The number of fused-ring (bicyclic) bond motifs is 6. The second-order valence-electron chi connectivity index (χ2n) is 16.3. The van der Waals surface area contributed by atoms with Gasteiger partial charge in [-0.15, -0.1) is 6.58 Å². The Kier molecular flexibility index (Phi) is 10.4. The van der Waals surface area contributed by atoms with Crippen LogP contribution < -0.4 is 15.4 Å². The largest absolute Gasteiger partial charge is 0.450 e. The van der Waals surface area contributed by atoms with Gasteiger partial charge in [-0.1, -0.05) is 80.6 Å². The van der Waals surface area contributed by atoms with Crippen molar-refractivity contribution < 1.29 is 37.2 Å². The van der Waals surface area contributed by atoms with E-state index in [1.54, 1.807) is 20.8 Å². The van der Waals surface area contributed by atoms with E-state index in [1.807, 2.05) is 24.3 Å². The van der Waals surface area contributed by atoms with Crippen molar-refractivity contribution >= 4 is 45.6 Å². The lowest BCUT2D eigenvalue weighted by atomic mass is 9.85. The van der Waals surface area contributed by atoms with Crippen LogP contribution in [0.4, 0.5) is 4.79 Å². The van der Waals surface area contributed by atoms with Crippen LogP contribution >= 0.6 is 0 Å². The molecule has 4 amide bonds.